The summed E-state index contributed by atoms with van der Waals surface area (Å²) in [5, 5.41) is 0. The summed E-state index contributed by atoms with van der Waals surface area (Å²) in [6, 6.07) is 4.29. The van der Waals surface area contributed by atoms with Crippen LogP contribution in [0, 0.1) is 5.82 Å². The zero-order valence-electron chi connectivity index (χ0n) is 13.6. The highest BCUT2D eigenvalue weighted by Crippen LogP contribution is 2.28. The molecule has 0 aromatic heterocycles. The van der Waals surface area contributed by atoms with E-state index in [1.165, 1.54) is 26.2 Å². The van der Waals surface area contributed by atoms with Crippen molar-refractivity contribution in [2.45, 2.75) is 39.0 Å². The Hall–Kier alpha value is -2.24. The lowest BCUT2D eigenvalue weighted by Gasteiger charge is -2.16. The molecule has 0 spiro atoms. The summed E-state index contributed by atoms with van der Waals surface area (Å²) in [5.41, 5.74) is 0.494. The van der Waals surface area contributed by atoms with Crippen LogP contribution in [0.2, 0.25) is 0 Å². The third-order valence-corrected chi connectivity index (χ3v) is 3.29. The first-order valence-electron chi connectivity index (χ1n) is 7.37. The summed E-state index contributed by atoms with van der Waals surface area (Å²) in [6.07, 6.45) is -0.272. The van der Waals surface area contributed by atoms with Crippen LogP contribution in [0.25, 0.3) is 0 Å². The molecule has 0 aliphatic rings. The van der Waals surface area contributed by atoms with Crippen LogP contribution >= 0.6 is 0 Å². The highest BCUT2D eigenvalue weighted by molar-refractivity contribution is 5.98. The number of halogens is 1. The van der Waals surface area contributed by atoms with Gasteiger partial charge in [-0.2, -0.15) is 0 Å². The van der Waals surface area contributed by atoms with Gasteiger partial charge in [0.1, 0.15) is 11.6 Å². The van der Waals surface area contributed by atoms with E-state index in [4.69, 9.17) is 9.47 Å². The minimum Gasteiger partial charge on any atom is -0.494 e. The lowest BCUT2D eigenvalue weighted by atomic mass is 9.89. The molecular formula is C17H21FO5. The molecule has 6 heteroatoms. The van der Waals surface area contributed by atoms with Crippen molar-refractivity contribution in [3.8, 4) is 5.75 Å². The van der Waals surface area contributed by atoms with Gasteiger partial charge >= 0.3 is 5.97 Å². The van der Waals surface area contributed by atoms with Gasteiger partial charge in [0.05, 0.1) is 26.6 Å². The van der Waals surface area contributed by atoms with Crippen molar-refractivity contribution in [2.24, 2.45) is 0 Å². The van der Waals surface area contributed by atoms with Gasteiger partial charge in [-0.1, -0.05) is 6.07 Å². The van der Waals surface area contributed by atoms with Gasteiger partial charge in [0.25, 0.3) is 0 Å². The second-order valence-corrected chi connectivity index (χ2v) is 5.22. The number of rotatable bonds is 9. The van der Waals surface area contributed by atoms with E-state index in [-0.39, 0.29) is 43.2 Å². The van der Waals surface area contributed by atoms with E-state index >= 15 is 0 Å². The van der Waals surface area contributed by atoms with Crippen LogP contribution in [-0.2, 0) is 19.1 Å². The number of ether oxygens (including phenoxy) is 2. The SMILES string of the molecule is CCOC(=O)C[C@H](CC(=O)CC(C)=O)c1ccc(OC)c(F)c1. The number of carbonyl (C=O) groups excluding carboxylic acids is 3. The zero-order chi connectivity index (χ0) is 17.4. The highest BCUT2D eigenvalue weighted by atomic mass is 19.1. The molecule has 126 valence electrons. The zero-order valence-corrected chi connectivity index (χ0v) is 13.6. The Labute approximate surface area is 134 Å². The maximum absolute atomic E-state index is 13.9. The van der Waals surface area contributed by atoms with Crippen molar-refractivity contribution in [1.29, 1.82) is 0 Å². The van der Waals surface area contributed by atoms with Crippen molar-refractivity contribution in [1.82, 2.24) is 0 Å². The van der Waals surface area contributed by atoms with E-state index in [1.807, 2.05) is 0 Å². The second kappa shape index (κ2) is 9.02. The summed E-state index contributed by atoms with van der Waals surface area (Å²) >= 11 is 0. The van der Waals surface area contributed by atoms with Gasteiger partial charge in [0.15, 0.2) is 11.6 Å². The minimum absolute atomic E-state index is 0.0236. The lowest BCUT2D eigenvalue weighted by Crippen LogP contribution is -2.15. The van der Waals surface area contributed by atoms with Gasteiger partial charge in [-0.15, -0.1) is 0 Å². The van der Waals surface area contributed by atoms with Gasteiger partial charge in [-0.05, 0) is 31.5 Å². The van der Waals surface area contributed by atoms with E-state index in [0.29, 0.717) is 5.56 Å². The molecule has 0 fully saturated rings. The Morgan fingerprint density at radius 3 is 2.43 bits per heavy atom. The molecule has 0 saturated carbocycles. The van der Waals surface area contributed by atoms with Gasteiger partial charge in [0.2, 0.25) is 0 Å². The molecule has 0 amide bonds. The largest absolute Gasteiger partial charge is 0.494 e. The Morgan fingerprint density at radius 1 is 1.22 bits per heavy atom. The lowest BCUT2D eigenvalue weighted by molar-refractivity contribution is -0.143. The van der Waals surface area contributed by atoms with E-state index < -0.39 is 17.7 Å². The molecule has 23 heavy (non-hydrogen) atoms. The molecule has 0 aliphatic carbocycles. The predicted octanol–water partition coefficient (Wildman–Crippen LogP) is 2.81. The topological polar surface area (TPSA) is 69.7 Å². The molecule has 0 radical (unpaired) electrons. The average molecular weight is 324 g/mol. The van der Waals surface area contributed by atoms with E-state index in [2.05, 4.69) is 0 Å². The van der Waals surface area contributed by atoms with E-state index in [1.54, 1.807) is 13.0 Å². The van der Waals surface area contributed by atoms with Crippen LogP contribution in [0.3, 0.4) is 0 Å². The summed E-state index contributed by atoms with van der Waals surface area (Å²) in [4.78, 5) is 34.7. The van der Waals surface area contributed by atoms with Crippen LogP contribution in [0.4, 0.5) is 4.39 Å². The van der Waals surface area contributed by atoms with Gasteiger partial charge in [0, 0.05) is 12.3 Å². The van der Waals surface area contributed by atoms with Crippen LogP contribution in [0.5, 0.6) is 5.75 Å². The number of esters is 1. The summed E-state index contributed by atoms with van der Waals surface area (Å²) in [5.74, 6) is -2.03. The molecular weight excluding hydrogens is 303 g/mol. The Morgan fingerprint density at radius 2 is 1.91 bits per heavy atom. The average Bonchev–Trinajstić information content (AvgIpc) is 2.45. The fourth-order valence-corrected chi connectivity index (χ4v) is 2.29. The Balaban J connectivity index is 2.97. The van der Waals surface area contributed by atoms with Gasteiger partial charge < -0.3 is 9.47 Å². The number of hydrogen-bond donors (Lipinski definition) is 0. The highest BCUT2D eigenvalue weighted by Gasteiger charge is 2.22. The monoisotopic (exact) mass is 324 g/mol. The molecule has 0 unspecified atom stereocenters. The van der Waals surface area contributed by atoms with E-state index in [0.717, 1.165) is 0 Å². The summed E-state index contributed by atoms with van der Waals surface area (Å²) < 4.78 is 23.6. The molecule has 1 rings (SSSR count). The fraction of sp³-hybridized carbons (Fsp3) is 0.471. The molecule has 0 saturated heterocycles. The Kier molecular flexibility index (Phi) is 7.38. The normalized spacial score (nSPS) is 11.7. The maximum Gasteiger partial charge on any atom is 0.306 e. The molecule has 1 aromatic carbocycles. The summed E-state index contributed by atoms with van der Waals surface area (Å²) in [7, 11) is 1.35. The summed E-state index contributed by atoms with van der Waals surface area (Å²) in [6.45, 7) is 3.23. The van der Waals surface area contributed by atoms with Crippen molar-refractivity contribution >= 4 is 17.5 Å². The second-order valence-electron chi connectivity index (χ2n) is 5.22. The molecule has 0 aliphatic heterocycles. The first-order valence-corrected chi connectivity index (χ1v) is 7.37. The minimum atomic E-state index is -0.571. The van der Waals surface area contributed by atoms with Crippen molar-refractivity contribution < 1.29 is 28.2 Å². The number of ketones is 2. The molecule has 0 bridgehead atoms. The standard InChI is InChI=1S/C17H21FO5/c1-4-23-17(21)10-13(8-14(20)7-11(2)19)12-5-6-16(22-3)15(18)9-12/h5-6,9,13H,4,7-8,10H2,1-3H3/t13-/m0/s1. The van der Waals surface area contributed by atoms with Crippen molar-refractivity contribution in [3.05, 3.63) is 29.6 Å². The van der Waals surface area contributed by atoms with Crippen LogP contribution < -0.4 is 4.74 Å². The maximum atomic E-state index is 13.9. The van der Waals surface area contributed by atoms with Crippen LogP contribution in [0.1, 0.15) is 44.6 Å². The fourth-order valence-electron chi connectivity index (χ4n) is 2.29. The predicted molar refractivity (Wildman–Crippen MR) is 81.9 cm³/mol. The van der Waals surface area contributed by atoms with Crippen LogP contribution in [0.15, 0.2) is 18.2 Å². The quantitative estimate of drug-likeness (QED) is 0.516. The third kappa shape index (κ3) is 6.18. The third-order valence-electron chi connectivity index (χ3n) is 3.29. The smallest absolute Gasteiger partial charge is 0.306 e. The molecule has 5 nitrogen and oxygen atoms in total. The van der Waals surface area contributed by atoms with Gasteiger partial charge in [-0.25, -0.2) is 4.39 Å². The molecule has 1 atom stereocenters. The molecule has 0 heterocycles. The van der Waals surface area contributed by atoms with Gasteiger partial charge in [-0.3, -0.25) is 14.4 Å². The van der Waals surface area contributed by atoms with Crippen LogP contribution in [-0.4, -0.2) is 31.3 Å². The molecule has 1 aromatic rings. The number of benzene rings is 1. The van der Waals surface area contributed by atoms with E-state index in [9.17, 15) is 18.8 Å². The number of Topliss-reactive ketones (excluding diaryl/α,β-unsaturated/α-hetero) is 2. The van der Waals surface area contributed by atoms with Crippen molar-refractivity contribution in [3.63, 3.8) is 0 Å². The number of carbonyl (C=O) groups is 3. The Bertz CT molecular complexity index is 582. The molecule has 0 N–H and O–H groups in total. The number of hydrogen-bond acceptors (Lipinski definition) is 5. The number of methoxy groups -OCH3 is 1. The first-order chi connectivity index (χ1) is 10.9. The first kappa shape index (κ1) is 18.8. The van der Waals surface area contributed by atoms with Crippen molar-refractivity contribution in [2.75, 3.05) is 13.7 Å².